The molecule has 0 heterocycles. The number of hydrogen-bond acceptors (Lipinski definition) is 5. The van der Waals surface area contributed by atoms with Crippen LogP contribution in [0.1, 0.15) is 16.7 Å². The van der Waals surface area contributed by atoms with E-state index in [0.717, 1.165) is 0 Å². The second kappa shape index (κ2) is 8.41. The Morgan fingerprint density at radius 3 is 1.48 bits per heavy atom. The zero-order valence-electron chi connectivity index (χ0n) is 16.7. The second-order valence-electron chi connectivity index (χ2n) is 6.35. The predicted octanol–water partition coefficient (Wildman–Crippen LogP) is 4.14. The Morgan fingerprint density at radius 1 is 0.655 bits per heavy atom. The first-order valence-corrected chi connectivity index (χ1v) is 8.91. The van der Waals surface area contributed by atoms with Crippen LogP contribution in [0.4, 0.5) is 4.39 Å². The molecule has 3 aromatic carbocycles. The van der Waals surface area contributed by atoms with Crippen molar-refractivity contribution in [3.63, 3.8) is 0 Å². The van der Waals surface area contributed by atoms with Crippen LogP contribution in [0.25, 0.3) is 0 Å². The van der Waals surface area contributed by atoms with Crippen LogP contribution in [-0.2, 0) is 5.60 Å². The van der Waals surface area contributed by atoms with Crippen molar-refractivity contribution in [1.29, 1.82) is 0 Å². The summed E-state index contributed by atoms with van der Waals surface area (Å²) in [6.07, 6.45) is 0. The van der Waals surface area contributed by atoms with Crippen molar-refractivity contribution in [3.8, 4) is 23.0 Å². The van der Waals surface area contributed by atoms with Crippen LogP contribution >= 0.6 is 0 Å². The van der Waals surface area contributed by atoms with E-state index in [9.17, 15) is 9.50 Å². The van der Waals surface area contributed by atoms with Crippen LogP contribution in [0.15, 0.2) is 60.7 Å². The lowest BCUT2D eigenvalue weighted by Gasteiger charge is -2.32. The standard InChI is InChI=1S/C23H23FO5/c1-26-17-9-11-19(21(13-17)28-3)23(25,15-5-7-16(24)8-6-15)20-12-10-18(27-2)14-22(20)29-4/h5-14,25H,1-4H3. The van der Waals surface area contributed by atoms with E-state index in [-0.39, 0.29) is 0 Å². The number of halogens is 1. The number of ether oxygens (including phenoxy) is 4. The van der Waals surface area contributed by atoms with Crippen LogP contribution in [0.5, 0.6) is 23.0 Å². The fourth-order valence-electron chi connectivity index (χ4n) is 3.34. The molecule has 0 saturated carbocycles. The number of rotatable bonds is 7. The first-order valence-electron chi connectivity index (χ1n) is 8.91. The molecule has 0 bridgehead atoms. The lowest BCUT2D eigenvalue weighted by molar-refractivity contribution is 0.118. The SMILES string of the molecule is COc1ccc(C(O)(c2ccc(F)cc2)c2ccc(OC)cc2OC)c(OC)c1. The zero-order valence-corrected chi connectivity index (χ0v) is 16.7. The summed E-state index contributed by atoms with van der Waals surface area (Å²) in [6.45, 7) is 0. The van der Waals surface area contributed by atoms with Gasteiger partial charge in [-0.25, -0.2) is 4.39 Å². The molecule has 3 aromatic rings. The highest BCUT2D eigenvalue weighted by Crippen LogP contribution is 2.46. The molecular weight excluding hydrogens is 375 g/mol. The molecule has 0 aromatic heterocycles. The summed E-state index contributed by atoms with van der Waals surface area (Å²) < 4.78 is 35.2. The van der Waals surface area contributed by atoms with Crippen molar-refractivity contribution in [2.24, 2.45) is 0 Å². The number of methoxy groups -OCH3 is 4. The fraction of sp³-hybridized carbons (Fsp3) is 0.217. The van der Waals surface area contributed by atoms with Crippen molar-refractivity contribution in [2.45, 2.75) is 5.60 Å². The molecule has 0 unspecified atom stereocenters. The summed E-state index contributed by atoms with van der Waals surface area (Å²) >= 11 is 0. The Hall–Kier alpha value is -3.25. The van der Waals surface area contributed by atoms with Gasteiger partial charge in [0.05, 0.1) is 28.4 Å². The minimum absolute atomic E-state index is 0.403. The summed E-state index contributed by atoms with van der Waals surface area (Å²) in [5.41, 5.74) is -0.333. The number of aliphatic hydroxyl groups is 1. The quantitative estimate of drug-likeness (QED) is 0.606. The first kappa shape index (κ1) is 20.5. The second-order valence-corrected chi connectivity index (χ2v) is 6.35. The van der Waals surface area contributed by atoms with Crippen LogP contribution in [-0.4, -0.2) is 33.5 Å². The van der Waals surface area contributed by atoms with E-state index in [1.54, 1.807) is 50.6 Å². The van der Waals surface area contributed by atoms with Gasteiger partial charge in [-0.2, -0.15) is 0 Å². The lowest BCUT2D eigenvalue weighted by Crippen LogP contribution is -2.30. The minimum Gasteiger partial charge on any atom is -0.497 e. The largest absolute Gasteiger partial charge is 0.497 e. The van der Waals surface area contributed by atoms with E-state index in [1.165, 1.54) is 38.5 Å². The summed E-state index contributed by atoms with van der Waals surface area (Å²) in [5.74, 6) is 1.57. The Balaban J connectivity index is 2.34. The average molecular weight is 398 g/mol. The van der Waals surface area contributed by atoms with Gasteiger partial charge in [0.25, 0.3) is 0 Å². The van der Waals surface area contributed by atoms with Crippen molar-refractivity contribution >= 4 is 0 Å². The molecule has 0 spiro atoms. The molecule has 1 N–H and O–H groups in total. The minimum atomic E-state index is -1.69. The van der Waals surface area contributed by atoms with Gasteiger partial charge in [0.15, 0.2) is 0 Å². The van der Waals surface area contributed by atoms with Gasteiger partial charge in [0, 0.05) is 23.3 Å². The van der Waals surface area contributed by atoms with Crippen molar-refractivity contribution in [1.82, 2.24) is 0 Å². The van der Waals surface area contributed by atoms with Crippen LogP contribution < -0.4 is 18.9 Å². The molecule has 0 atom stereocenters. The van der Waals surface area contributed by atoms with E-state index in [4.69, 9.17) is 18.9 Å². The molecule has 0 aliphatic carbocycles. The van der Waals surface area contributed by atoms with E-state index < -0.39 is 11.4 Å². The Labute approximate surface area is 169 Å². The summed E-state index contributed by atoms with van der Waals surface area (Å²) in [5, 5.41) is 12.1. The Kier molecular flexibility index (Phi) is 5.94. The van der Waals surface area contributed by atoms with Gasteiger partial charge in [-0.15, -0.1) is 0 Å². The highest BCUT2D eigenvalue weighted by molar-refractivity contribution is 5.58. The topological polar surface area (TPSA) is 57.2 Å². The molecule has 5 nitrogen and oxygen atoms in total. The van der Waals surface area contributed by atoms with Gasteiger partial charge in [-0.1, -0.05) is 12.1 Å². The molecule has 3 rings (SSSR count). The Morgan fingerprint density at radius 2 is 1.10 bits per heavy atom. The van der Waals surface area contributed by atoms with E-state index in [2.05, 4.69) is 0 Å². The maximum Gasteiger partial charge on any atom is 0.147 e. The predicted molar refractivity (Wildman–Crippen MR) is 108 cm³/mol. The van der Waals surface area contributed by atoms with Gasteiger partial charge in [0.2, 0.25) is 0 Å². The number of hydrogen-bond donors (Lipinski definition) is 1. The first-order chi connectivity index (χ1) is 14.0. The monoisotopic (exact) mass is 398 g/mol. The molecule has 0 fully saturated rings. The van der Waals surface area contributed by atoms with Gasteiger partial charge >= 0.3 is 0 Å². The molecule has 29 heavy (non-hydrogen) atoms. The van der Waals surface area contributed by atoms with Crippen molar-refractivity contribution < 1.29 is 28.4 Å². The third kappa shape index (κ3) is 3.71. The van der Waals surface area contributed by atoms with Crippen LogP contribution in [0.3, 0.4) is 0 Å². The molecular formula is C23H23FO5. The zero-order chi connectivity index (χ0) is 21.0. The highest BCUT2D eigenvalue weighted by Gasteiger charge is 2.39. The van der Waals surface area contributed by atoms with E-state index in [0.29, 0.717) is 39.7 Å². The van der Waals surface area contributed by atoms with Crippen molar-refractivity contribution in [2.75, 3.05) is 28.4 Å². The molecule has 0 amide bonds. The average Bonchev–Trinajstić information content (AvgIpc) is 2.78. The van der Waals surface area contributed by atoms with Crippen LogP contribution in [0.2, 0.25) is 0 Å². The van der Waals surface area contributed by atoms with Gasteiger partial charge in [-0.05, 0) is 42.0 Å². The molecule has 0 saturated heterocycles. The summed E-state index contributed by atoms with van der Waals surface area (Å²) in [7, 11) is 6.11. The maximum absolute atomic E-state index is 13.6. The van der Waals surface area contributed by atoms with Crippen molar-refractivity contribution in [3.05, 3.63) is 83.2 Å². The molecule has 6 heteroatoms. The van der Waals surface area contributed by atoms with Gasteiger partial charge in [0.1, 0.15) is 34.4 Å². The Bertz CT molecular complexity index is 930. The molecule has 0 radical (unpaired) electrons. The molecule has 0 aliphatic rings. The smallest absolute Gasteiger partial charge is 0.147 e. The van der Waals surface area contributed by atoms with E-state index in [1.807, 2.05) is 0 Å². The van der Waals surface area contributed by atoms with Gasteiger partial charge < -0.3 is 24.1 Å². The number of benzene rings is 3. The summed E-state index contributed by atoms with van der Waals surface area (Å²) in [6, 6.07) is 15.9. The fourth-order valence-corrected chi connectivity index (χ4v) is 3.34. The third-order valence-electron chi connectivity index (χ3n) is 4.86. The van der Waals surface area contributed by atoms with E-state index >= 15 is 0 Å². The molecule has 152 valence electrons. The maximum atomic E-state index is 13.6. The lowest BCUT2D eigenvalue weighted by atomic mass is 9.79. The highest BCUT2D eigenvalue weighted by atomic mass is 19.1. The molecule has 0 aliphatic heterocycles. The third-order valence-corrected chi connectivity index (χ3v) is 4.86. The normalized spacial score (nSPS) is 11.1. The van der Waals surface area contributed by atoms with Crippen LogP contribution in [0, 0.1) is 5.82 Å². The van der Waals surface area contributed by atoms with Gasteiger partial charge in [-0.3, -0.25) is 0 Å². The summed E-state index contributed by atoms with van der Waals surface area (Å²) in [4.78, 5) is 0.